The van der Waals surface area contributed by atoms with Gasteiger partial charge in [0.2, 0.25) is 0 Å². The molecule has 0 radical (unpaired) electrons. The predicted molar refractivity (Wildman–Crippen MR) is 129 cm³/mol. The fourth-order valence-corrected chi connectivity index (χ4v) is 3.80. The van der Waals surface area contributed by atoms with Gasteiger partial charge in [0.15, 0.2) is 5.78 Å². The Hall–Kier alpha value is -3.31. The number of ketones is 1. The van der Waals surface area contributed by atoms with E-state index in [1.165, 1.54) is 12.1 Å². The highest BCUT2D eigenvalue weighted by atomic mass is 35.5. The van der Waals surface area contributed by atoms with E-state index in [1.54, 1.807) is 25.1 Å². The van der Waals surface area contributed by atoms with Crippen LogP contribution in [0.2, 0.25) is 5.02 Å². The molecular weight excluding hydrogens is 440 g/mol. The van der Waals surface area contributed by atoms with Gasteiger partial charge in [0.1, 0.15) is 18.1 Å². The number of phenolic OH excluding ortho intramolecular Hbond substituents is 1. The number of rotatable bonds is 7. The largest absolute Gasteiger partial charge is 0.507 e. The maximum absolute atomic E-state index is 12.5. The van der Waals surface area contributed by atoms with Crippen LogP contribution in [0, 0.1) is 12.3 Å². The van der Waals surface area contributed by atoms with E-state index in [-0.39, 0.29) is 29.1 Å². The number of ether oxygens (including phenoxy) is 1. The van der Waals surface area contributed by atoms with Crippen molar-refractivity contribution in [2.75, 3.05) is 0 Å². The third-order valence-electron chi connectivity index (χ3n) is 5.22. The number of Topliss-reactive ketones (excluding diaryl/α,β-unsaturated/α-hetero) is 1. The van der Waals surface area contributed by atoms with Crippen LogP contribution in [-0.2, 0) is 6.61 Å². The van der Waals surface area contributed by atoms with E-state index in [0.29, 0.717) is 28.3 Å². The van der Waals surface area contributed by atoms with Gasteiger partial charge in [0.25, 0.3) is 0 Å². The molecule has 172 valence electrons. The minimum atomic E-state index is -1.03. The van der Waals surface area contributed by atoms with Gasteiger partial charge in [-0.15, -0.1) is 0 Å². The topological polar surface area (TPSA) is 83.8 Å². The number of hydrogen-bond donors (Lipinski definition) is 2. The van der Waals surface area contributed by atoms with Crippen LogP contribution in [0.4, 0.5) is 0 Å². The molecule has 0 bridgehead atoms. The average molecular weight is 467 g/mol. The SMILES string of the molecule is Cc1c(OCc2cccc(-c3ccc(C(=O)O)cc3Cl)c2)ccc(C(=O)CC(C)(C)C)c1O. The van der Waals surface area contributed by atoms with Crippen LogP contribution in [0.5, 0.6) is 11.5 Å². The summed E-state index contributed by atoms with van der Waals surface area (Å²) in [5, 5.41) is 20.0. The number of carboxylic acids is 1. The standard InChI is InChI=1S/C27H27ClO5/c1-16-24(11-10-21(25(16)30)23(29)14-27(2,3)4)33-15-17-6-5-7-18(12-17)20-9-8-19(26(31)32)13-22(20)28/h5-13,30H,14-15H2,1-4H3,(H,31,32). The van der Waals surface area contributed by atoms with Crippen molar-refractivity contribution in [1.82, 2.24) is 0 Å². The van der Waals surface area contributed by atoms with E-state index in [2.05, 4.69) is 0 Å². The minimum absolute atomic E-state index is 0.0548. The van der Waals surface area contributed by atoms with E-state index in [4.69, 9.17) is 21.4 Å². The van der Waals surface area contributed by atoms with Gasteiger partial charge in [0.05, 0.1) is 11.1 Å². The van der Waals surface area contributed by atoms with Crippen LogP contribution < -0.4 is 4.74 Å². The quantitative estimate of drug-likeness (QED) is 0.369. The van der Waals surface area contributed by atoms with Gasteiger partial charge in [-0.2, -0.15) is 0 Å². The highest BCUT2D eigenvalue weighted by Gasteiger charge is 2.21. The van der Waals surface area contributed by atoms with Gasteiger partial charge >= 0.3 is 5.97 Å². The number of carbonyl (C=O) groups excluding carboxylic acids is 1. The molecule has 3 aromatic rings. The lowest BCUT2D eigenvalue weighted by atomic mass is 9.87. The second-order valence-corrected chi connectivity index (χ2v) is 9.64. The molecule has 6 heteroatoms. The lowest BCUT2D eigenvalue weighted by Crippen LogP contribution is -2.13. The summed E-state index contributed by atoms with van der Waals surface area (Å²) in [7, 11) is 0. The zero-order valence-electron chi connectivity index (χ0n) is 19.1. The van der Waals surface area contributed by atoms with Crippen molar-refractivity contribution in [3.63, 3.8) is 0 Å². The average Bonchev–Trinajstić information content (AvgIpc) is 2.73. The first-order valence-corrected chi connectivity index (χ1v) is 10.9. The first-order valence-electron chi connectivity index (χ1n) is 10.6. The molecule has 3 aromatic carbocycles. The van der Waals surface area contributed by atoms with E-state index in [9.17, 15) is 14.7 Å². The molecule has 3 rings (SSSR count). The molecule has 0 aliphatic rings. The number of hydrogen-bond acceptors (Lipinski definition) is 4. The highest BCUT2D eigenvalue weighted by Crippen LogP contribution is 2.34. The summed E-state index contributed by atoms with van der Waals surface area (Å²) >= 11 is 6.30. The van der Waals surface area contributed by atoms with Gasteiger partial charge in [-0.3, -0.25) is 4.79 Å². The summed E-state index contributed by atoms with van der Waals surface area (Å²) in [5.41, 5.74) is 3.20. The van der Waals surface area contributed by atoms with Crippen LogP contribution in [0.1, 0.15) is 59.0 Å². The molecule has 5 nitrogen and oxygen atoms in total. The Kier molecular flexibility index (Phi) is 7.13. The maximum atomic E-state index is 12.5. The van der Waals surface area contributed by atoms with Crippen molar-refractivity contribution >= 4 is 23.4 Å². The van der Waals surface area contributed by atoms with Gasteiger partial charge in [0, 0.05) is 22.6 Å². The third-order valence-corrected chi connectivity index (χ3v) is 5.53. The smallest absolute Gasteiger partial charge is 0.335 e. The molecule has 0 amide bonds. The van der Waals surface area contributed by atoms with Crippen molar-refractivity contribution in [2.24, 2.45) is 5.41 Å². The molecule has 0 heterocycles. The van der Waals surface area contributed by atoms with Crippen molar-refractivity contribution in [3.05, 3.63) is 81.9 Å². The fourth-order valence-electron chi connectivity index (χ4n) is 3.51. The van der Waals surface area contributed by atoms with Crippen LogP contribution in [-0.4, -0.2) is 22.0 Å². The number of aromatic hydroxyl groups is 1. The van der Waals surface area contributed by atoms with Crippen LogP contribution in [0.15, 0.2) is 54.6 Å². The fraction of sp³-hybridized carbons (Fsp3) is 0.259. The Bertz CT molecular complexity index is 1210. The summed E-state index contributed by atoms with van der Waals surface area (Å²) in [6.45, 7) is 7.91. The second-order valence-electron chi connectivity index (χ2n) is 9.23. The Morgan fingerprint density at radius 1 is 1.03 bits per heavy atom. The number of phenols is 1. The molecule has 2 N–H and O–H groups in total. The molecule has 0 aromatic heterocycles. The normalized spacial score (nSPS) is 11.3. The van der Waals surface area contributed by atoms with E-state index >= 15 is 0 Å². The minimum Gasteiger partial charge on any atom is -0.507 e. The number of aromatic carboxylic acids is 1. The number of halogens is 1. The van der Waals surface area contributed by atoms with E-state index < -0.39 is 5.97 Å². The molecule has 0 saturated carbocycles. The lowest BCUT2D eigenvalue weighted by Gasteiger charge is -2.18. The number of benzene rings is 3. The summed E-state index contributed by atoms with van der Waals surface area (Å²) < 4.78 is 5.93. The second kappa shape index (κ2) is 9.67. The molecular formula is C27H27ClO5. The van der Waals surface area contributed by atoms with Gasteiger partial charge in [-0.25, -0.2) is 4.79 Å². The molecule has 33 heavy (non-hydrogen) atoms. The molecule has 0 spiro atoms. The Labute approximate surface area is 198 Å². The van der Waals surface area contributed by atoms with Gasteiger partial charge in [-0.05, 0) is 53.8 Å². The first-order chi connectivity index (χ1) is 15.5. The highest BCUT2D eigenvalue weighted by molar-refractivity contribution is 6.33. The van der Waals surface area contributed by atoms with Gasteiger partial charge in [-0.1, -0.05) is 56.6 Å². The molecule has 0 saturated heterocycles. The zero-order chi connectivity index (χ0) is 24.3. The molecule has 0 fully saturated rings. The third kappa shape index (κ3) is 5.93. The molecule has 0 aliphatic carbocycles. The van der Waals surface area contributed by atoms with Crippen LogP contribution in [0.25, 0.3) is 11.1 Å². The number of carboxylic acid groups (broad SMARTS) is 1. The predicted octanol–water partition coefficient (Wildman–Crippen LogP) is 6.92. The van der Waals surface area contributed by atoms with Crippen molar-refractivity contribution in [3.8, 4) is 22.6 Å². The van der Waals surface area contributed by atoms with Crippen molar-refractivity contribution in [1.29, 1.82) is 0 Å². The summed E-state index contributed by atoms with van der Waals surface area (Å²) in [6, 6.07) is 15.5. The van der Waals surface area contributed by atoms with Crippen molar-refractivity contribution < 1.29 is 24.5 Å². The van der Waals surface area contributed by atoms with Crippen LogP contribution in [0.3, 0.4) is 0 Å². The Morgan fingerprint density at radius 2 is 1.76 bits per heavy atom. The van der Waals surface area contributed by atoms with Gasteiger partial charge < -0.3 is 14.9 Å². The maximum Gasteiger partial charge on any atom is 0.335 e. The molecule has 0 unspecified atom stereocenters. The molecule has 0 aliphatic heterocycles. The Morgan fingerprint density at radius 3 is 2.39 bits per heavy atom. The van der Waals surface area contributed by atoms with E-state index in [1.807, 2.05) is 45.0 Å². The summed E-state index contributed by atoms with van der Waals surface area (Å²) in [4.78, 5) is 23.7. The zero-order valence-corrected chi connectivity index (χ0v) is 19.9. The molecule has 0 atom stereocenters. The lowest BCUT2D eigenvalue weighted by molar-refractivity contribution is 0.0696. The van der Waals surface area contributed by atoms with Crippen molar-refractivity contribution in [2.45, 2.75) is 40.7 Å². The van der Waals surface area contributed by atoms with E-state index in [0.717, 1.165) is 16.7 Å². The summed E-state index contributed by atoms with van der Waals surface area (Å²) in [5.74, 6) is -0.696. The Balaban J connectivity index is 1.78. The van der Waals surface area contributed by atoms with Crippen LogP contribution >= 0.6 is 11.6 Å². The first kappa shape index (κ1) is 24.3. The number of carbonyl (C=O) groups is 2. The monoisotopic (exact) mass is 466 g/mol. The summed E-state index contributed by atoms with van der Waals surface area (Å²) in [6.07, 6.45) is 0.336.